The third-order valence-electron chi connectivity index (χ3n) is 10.3. The van der Waals surface area contributed by atoms with Crippen LogP contribution in [0.4, 0.5) is 17.6 Å². The summed E-state index contributed by atoms with van der Waals surface area (Å²) in [5.74, 6) is -17.6. The molecule has 0 radical (unpaired) electrons. The number of esters is 5. The van der Waals surface area contributed by atoms with Crippen LogP contribution in [0, 0.1) is 35.5 Å². The molecule has 0 bridgehead atoms. The number of halogens is 6. The minimum Gasteiger partial charge on any atom is -0.481 e. The maximum absolute atomic E-state index is 13.4. The third-order valence-corrected chi connectivity index (χ3v) is 10.3. The van der Waals surface area contributed by atoms with E-state index in [9.17, 15) is 51.1 Å². The average molecular weight is 944 g/mol. The summed E-state index contributed by atoms with van der Waals surface area (Å²) in [7, 11) is 2.36. The highest BCUT2D eigenvalue weighted by molar-refractivity contribution is 6.40. The van der Waals surface area contributed by atoms with Crippen molar-refractivity contribution in [3.63, 3.8) is 0 Å². The molecule has 1 N–H and O–H groups in total. The molecule has 3 aromatic rings. The number of ether oxygens (including phenoxy) is 5. The fraction of sp³-hybridized carbons (Fsp3) is 0.444. The van der Waals surface area contributed by atoms with Gasteiger partial charge in [-0.2, -0.15) is 0 Å². The number of carbonyl (C=O) groups is 7. The van der Waals surface area contributed by atoms with Crippen LogP contribution < -0.4 is 0 Å². The molecule has 6 atom stereocenters. The Morgan fingerprint density at radius 3 is 1.11 bits per heavy atom. The summed E-state index contributed by atoms with van der Waals surface area (Å²) >= 11 is 9.53. The number of carbonyl (C=O) groups excluding carboxylic acids is 6. The van der Waals surface area contributed by atoms with Gasteiger partial charge in [0, 0.05) is 38.5 Å². The predicted octanol–water partition coefficient (Wildman–Crippen LogP) is 7.96. The first kappa shape index (κ1) is 52.8. The lowest BCUT2D eigenvalue weighted by Crippen LogP contribution is -2.27. The molecule has 0 amide bonds. The van der Waals surface area contributed by atoms with E-state index in [1.165, 1.54) is 7.11 Å². The minimum absolute atomic E-state index is 0.00433. The minimum atomic E-state index is -3.13. The summed E-state index contributed by atoms with van der Waals surface area (Å²) < 4.78 is 77.7. The van der Waals surface area contributed by atoms with Crippen LogP contribution in [0.5, 0.6) is 0 Å². The van der Waals surface area contributed by atoms with Crippen molar-refractivity contribution in [2.75, 3.05) is 19.6 Å². The van der Waals surface area contributed by atoms with E-state index < -0.39 is 109 Å². The van der Waals surface area contributed by atoms with Crippen LogP contribution in [0.15, 0.2) is 91.0 Å². The SMILES string of the molecule is COC(=O)C1CC(=O)CC1C(=O)OCc1ccccc1.COC(=O)C1CC(F)(F)CC1C(=O)OCc1ccccc1.ClCCl.O=C(O)C1CC(F)(F)CC1C(=O)OCc1ccccc1. The van der Waals surface area contributed by atoms with Gasteiger partial charge in [0.2, 0.25) is 11.8 Å². The highest BCUT2D eigenvalue weighted by atomic mass is 35.5. The van der Waals surface area contributed by atoms with Crippen molar-refractivity contribution in [1.29, 1.82) is 0 Å². The number of carboxylic acids is 1. The molecule has 0 saturated heterocycles. The van der Waals surface area contributed by atoms with Gasteiger partial charge >= 0.3 is 35.8 Å². The number of hydrogen-bond acceptors (Lipinski definition) is 12. The topological polar surface area (TPSA) is 186 Å². The lowest BCUT2D eigenvalue weighted by Gasteiger charge is -2.15. The number of carboxylic acid groups (broad SMARTS) is 1. The molecular weight excluding hydrogens is 895 g/mol. The lowest BCUT2D eigenvalue weighted by molar-refractivity contribution is -0.158. The van der Waals surface area contributed by atoms with Gasteiger partial charge in [0.15, 0.2) is 0 Å². The van der Waals surface area contributed by atoms with E-state index in [1.54, 1.807) is 54.6 Å². The molecule has 6 unspecified atom stereocenters. The van der Waals surface area contributed by atoms with Gasteiger partial charge in [0.05, 0.1) is 55.1 Å². The molecular formula is C45H48Cl2F4O13. The van der Waals surface area contributed by atoms with Gasteiger partial charge in [0.25, 0.3) is 0 Å². The number of methoxy groups -OCH3 is 2. The maximum Gasteiger partial charge on any atom is 0.310 e. The first-order valence-corrected chi connectivity index (χ1v) is 20.8. The van der Waals surface area contributed by atoms with Gasteiger partial charge < -0.3 is 28.8 Å². The van der Waals surface area contributed by atoms with Gasteiger partial charge in [-0.1, -0.05) is 91.0 Å². The lowest BCUT2D eigenvalue weighted by atomic mass is 9.96. The number of benzene rings is 3. The average Bonchev–Trinajstić information content (AvgIpc) is 3.96. The van der Waals surface area contributed by atoms with Crippen LogP contribution in [0.3, 0.4) is 0 Å². The standard InChI is InChI=1S/C15H16F2O4.C15H16O5.C14H14F2O4.CH2Cl2/c1-20-13(18)11-7-15(16,17)8-12(11)14(19)21-9-10-5-3-2-4-6-10;1-19-14(17)12-7-11(16)8-13(12)15(18)20-9-10-5-3-2-4-6-10;15-14(16)6-10(12(17)18)11(7-14)13(19)20-8-9-4-2-1-3-5-9;2-1-3/h2-6,11-12H,7-9H2,1H3;2-6,12-13H,7-9H2,1H3;1-5,10-11H,6-8H2,(H,17,18);1H2. The molecule has 3 fully saturated rings. The van der Waals surface area contributed by atoms with Gasteiger partial charge in [0.1, 0.15) is 25.6 Å². The number of ketones is 1. The Balaban J connectivity index is 0.000000247. The van der Waals surface area contributed by atoms with Crippen LogP contribution in [-0.2, 0) is 77.1 Å². The largest absolute Gasteiger partial charge is 0.481 e. The summed E-state index contributed by atoms with van der Waals surface area (Å²) in [4.78, 5) is 81.3. The molecule has 3 aromatic carbocycles. The van der Waals surface area contributed by atoms with E-state index in [0.717, 1.165) is 23.8 Å². The molecule has 0 heterocycles. The molecule has 0 spiro atoms. The molecule has 3 saturated carbocycles. The molecule has 0 aromatic heterocycles. The van der Waals surface area contributed by atoms with Crippen molar-refractivity contribution in [1.82, 2.24) is 0 Å². The molecule has 3 aliphatic carbocycles. The highest BCUT2D eigenvalue weighted by Gasteiger charge is 2.54. The number of Topliss-reactive ketones (excluding diaryl/α,β-unsaturated/α-hetero) is 1. The monoisotopic (exact) mass is 942 g/mol. The summed E-state index contributed by atoms with van der Waals surface area (Å²) in [6.07, 6.45) is -2.83. The van der Waals surface area contributed by atoms with Crippen molar-refractivity contribution in [3.05, 3.63) is 108 Å². The summed E-state index contributed by atoms with van der Waals surface area (Å²) in [6, 6.07) is 26.9. The van der Waals surface area contributed by atoms with E-state index >= 15 is 0 Å². The van der Waals surface area contributed by atoms with E-state index in [0.29, 0.717) is 0 Å². The van der Waals surface area contributed by atoms with Crippen molar-refractivity contribution >= 4 is 64.8 Å². The van der Waals surface area contributed by atoms with Crippen molar-refractivity contribution in [3.8, 4) is 0 Å². The fourth-order valence-electron chi connectivity index (χ4n) is 7.19. The van der Waals surface area contributed by atoms with Crippen molar-refractivity contribution in [2.24, 2.45) is 35.5 Å². The number of alkyl halides is 6. The Hall–Kier alpha value is -5.55. The van der Waals surface area contributed by atoms with Crippen LogP contribution >= 0.6 is 23.2 Å². The zero-order chi connectivity index (χ0) is 47.5. The first-order chi connectivity index (χ1) is 30.3. The van der Waals surface area contributed by atoms with Gasteiger partial charge in [-0.3, -0.25) is 33.6 Å². The smallest absolute Gasteiger partial charge is 0.310 e. The molecule has 64 heavy (non-hydrogen) atoms. The second kappa shape index (κ2) is 25.7. The number of aliphatic carboxylic acids is 1. The summed E-state index contributed by atoms with van der Waals surface area (Å²) in [6.45, 7) is 0.0853. The Bertz CT molecular complexity index is 2010. The molecule has 0 aliphatic heterocycles. The van der Waals surface area contributed by atoms with Crippen LogP contribution in [0.25, 0.3) is 0 Å². The normalized spacial score (nSPS) is 22.3. The van der Waals surface area contributed by atoms with Crippen molar-refractivity contribution < 1.29 is 79.9 Å². The summed E-state index contributed by atoms with van der Waals surface area (Å²) in [5, 5.41) is 9.10. The summed E-state index contributed by atoms with van der Waals surface area (Å²) in [5.41, 5.74) is 2.34. The zero-order valence-corrected chi connectivity index (χ0v) is 36.3. The molecule has 348 valence electrons. The first-order valence-electron chi connectivity index (χ1n) is 19.7. The highest BCUT2D eigenvalue weighted by Crippen LogP contribution is 2.45. The van der Waals surface area contributed by atoms with Crippen LogP contribution in [-0.4, -0.2) is 78.1 Å². The third kappa shape index (κ3) is 16.9. The van der Waals surface area contributed by atoms with E-state index in [2.05, 4.69) is 9.47 Å². The van der Waals surface area contributed by atoms with Crippen LogP contribution in [0.2, 0.25) is 0 Å². The second-order valence-corrected chi connectivity index (χ2v) is 15.7. The molecule has 6 rings (SSSR count). The van der Waals surface area contributed by atoms with Gasteiger partial charge in [-0.05, 0) is 16.7 Å². The Morgan fingerprint density at radius 2 is 0.781 bits per heavy atom. The van der Waals surface area contributed by atoms with Crippen LogP contribution in [0.1, 0.15) is 55.2 Å². The van der Waals surface area contributed by atoms with Gasteiger partial charge in [-0.25, -0.2) is 17.6 Å². The number of rotatable bonds is 12. The van der Waals surface area contributed by atoms with E-state index in [-0.39, 0.29) is 43.8 Å². The number of hydrogen-bond donors (Lipinski definition) is 1. The second-order valence-electron chi connectivity index (χ2n) is 14.9. The molecule has 13 nitrogen and oxygen atoms in total. The van der Waals surface area contributed by atoms with Crippen molar-refractivity contribution in [2.45, 2.75) is 70.2 Å². The fourth-order valence-corrected chi connectivity index (χ4v) is 7.19. The zero-order valence-electron chi connectivity index (χ0n) is 34.8. The van der Waals surface area contributed by atoms with Gasteiger partial charge in [-0.15, -0.1) is 23.2 Å². The molecule has 3 aliphatic rings. The molecule has 19 heteroatoms. The maximum atomic E-state index is 13.4. The predicted molar refractivity (Wildman–Crippen MR) is 220 cm³/mol. The Labute approximate surface area is 376 Å². The Kier molecular flexibility index (Phi) is 21.2. The van der Waals surface area contributed by atoms with E-state index in [4.69, 9.17) is 42.5 Å². The quantitative estimate of drug-likeness (QED) is 0.0799. The Morgan fingerprint density at radius 1 is 0.516 bits per heavy atom. The van der Waals surface area contributed by atoms with E-state index in [1.807, 2.05) is 36.4 Å².